The molecule has 0 radical (unpaired) electrons. The Balaban J connectivity index is 2.18. The summed E-state index contributed by atoms with van der Waals surface area (Å²) in [4.78, 5) is 13.7. The van der Waals surface area contributed by atoms with Gasteiger partial charge in [-0.1, -0.05) is 6.07 Å². The van der Waals surface area contributed by atoms with Gasteiger partial charge in [-0.2, -0.15) is 0 Å². The molecule has 0 fully saturated rings. The number of nitrogens with zero attached hydrogens (tertiary/aromatic N) is 1. The van der Waals surface area contributed by atoms with Crippen LogP contribution in [-0.4, -0.2) is 17.4 Å². The van der Waals surface area contributed by atoms with Gasteiger partial charge in [0.1, 0.15) is 0 Å². The van der Waals surface area contributed by atoms with E-state index in [0.717, 1.165) is 12.1 Å². The second-order valence-electron chi connectivity index (χ2n) is 4.18. The van der Waals surface area contributed by atoms with Gasteiger partial charge in [0.15, 0.2) is 11.6 Å². The molecule has 2 aromatic rings. The van der Waals surface area contributed by atoms with Crippen molar-refractivity contribution in [3.05, 3.63) is 58.5 Å². The second-order valence-corrected chi connectivity index (χ2v) is 4.52. The highest BCUT2D eigenvalue weighted by atomic mass is 35.5. The van der Waals surface area contributed by atoms with Crippen LogP contribution < -0.4 is 0 Å². The number of hydrogen-bond donors (Lipinski definition) is 0. The van der Waals surface area contributed by atoms with Crippen molar-refractivity contribution in [2.24, 2.45) is 0 Å². The van der Waals surface area contributed by atoms with Crippen LogP contribution in [0.4, 0.5) is 8.78 Å². The summed E-state index contributed by atoms with van der Waals surface area (Å²) >= 11 is 5.76. The van der Waals surface area contributed by atoms with E-state index < -0.39 is 11.6 Å². The number of amides is 1. The molecule has 1 aromatic heterocycles. The Morgan fingerprint density at radius 3 is 2.60 bits per heavy atom. The molecule has 3 nitrogen and oxygen atoms in total. The molecule has 0 atom stereocenters. The molecule has 0 aliphatic rings. The van der Waals surface area contributed by atoms with Gasteiger partial charge in [-0.05, 0) is 42.3 Å². The number of furan rings is 1. The minimum Gasteiger partial charge on any atom is -0.452 e. The molecule has 1 amide bonds. The van der Waals surface area contributed by atoms with E-state index in [2.05, 4.69) is 0 Å². The molecule has 1 aromatic carbocycles. The third-order valence-corrected chi connectivity index (χ3v) is 3.17. The number of halogens is 3. The molecule has 0 spiro atoms. The normalized spacial score (nSPS) is 10.6. The molecule has 6 heteroatoms. The molecule has 106 valence electrons. The molecule has 0 saturated carbocycles. The highest BCUT2D eigenvalue weighted by Crippen LogP contribution is 2.20. The Morgan fingerprint density at radius 2 is 2.05 bits per heavy atom. The predicted molar refractivity (Wildman–Crippen MR) is 70.5 cm³/mol. The van der Waals surface area contributed by atoms with Gasteiger partial charge in [0, 0.05) is 13.1 Å². The number of rotatable bonds is 4. The molecule has 2 rings (SSSR count). The van der Waals surface area contributed by atoms with Crippen molar-refractivity contribution in [3.63, 3.8) is 0 Å². The van der Waals surface area contributed by atoms with Gasteiger partial charge in [-0.25, -0.2) is 8.78 Å². The van der Waals surface area contributed by atoms with Crippen molar-refractivity contribution in [3.8, 4) is 0 Å². The van der Waals surface area contributed by atoms with E-state index in [4.69, 9.17) is 16.0 Å². The summed E-state index contributed by atoms with van der Waals surface area (Å²) < 4.78 is 30.9. The molecule has 20 heavy (non-hydrogen) atoms. The fourth-order valence-electron chi connectivity index (χ4n) is 1.80. The summed E-state index contributed by atoms with van der Waals surface area (Å²) in [5.74, 6) is -2.18. The second kappa shape index (κ2) is 6.05. The standard InChI is InChI=1S/C14H12ClF2NO2/c1-2-18(14(19)10-5-6-20-13(10)15)8-9-3-4-11(16)12(17)7-9/h3-7H,2,8H2,1H3. The largest absolute Gasteiger partial charge is 0.452 e. The van der Waals surface area contributed by atoms with E-state index in [1.165, 1.54) is 23.3 Å². The van der Waals surface area contributed by atoms with E-state index in [-0.39, 0.29) is 23.2 Å². The van der Waals surface area contributed by atoms with Gasteiger partial charge < -0.3 is 9.32 Å². The zero-order valence-corrected chi connectivity index (χ0v) is 11.5. The van der Waals surface area contributed by atoms with Crippen molar-refractivity contribution in [1.82, 2.24) is 4.90 Å². The van der Waals surface area contributed by atoms with Gasteiger partial charge in [0.05, 0.1) is 11.8 Å². The molecule has 0 saturated heterocycles. The first kappa shape index (κ1) is 14.5. The number of carbonyl (C=O) groups excluding carboxylic acids is 1. The SMILES string of the molecule is CCN(Cc1ccc(F)c(F)c1)C(=O)c1ccoc1Cl. The zero-order valence-electron chi connectivity index (χ0n) is 10.7. The van der Waals surface area contributed by atoms with Crippen LogP contribution in [0.25, 0.3) is 0 Å². The van der Waals surface area contributed by atoms with Crippen LogP contribution in [0, 0.1) is 11.6 Å². The monoisotopic (exact) mass is 299 g/mol. The average molecular weight is 300 g/mol. The first-order valence-electron chi connectivity index (χ1n) is 5.99. The zero-order chi connectivity index (χ0) is 14.7. The fourth-order valence-corrected chi connectivity index (χ4v) is 2.00. The molecule has 1 heterocycles. The summed E-state index contributed by atoms with van der Waals surface area (Å²) in [7, 11) is 0. The Bertz CT molecular complexity index is 627. The third kappa shape index (κ3) is 2.99. The number of hydrogen-bond acceptors (Lipinski definition) is 2. The lowest BCUT2D eigenvalue weighted by Crippen LogP contribution is -2.30. The van der Waals surface area contributed by atoms with Crippen molar-refractivity contribution in [2.75, 3.05) is 6.54 Å². The van der Waals surface area contributed by atoms with E-state index in [1.807, 2.05) is 0 Å². The minimum atomic E-state index is -0.938. The Morgan fingerprint density at radius 1 is 1.30 bits per heavy atom. The van der Waals surface area contributed by atoms with E-state index in [1.54, 1.807) is 6.92 Å². The smallest absolute Gasteiger partial charge is 0.259 e. The van der Waals surface area contributed by atoms with Crippen molar-refractivity contribution in [2.45, 2.75) is 13.5 Å². The van der Waals surface area contributed by atoms with Crippen LogP contribution in [-0.2, 0) is 6.54 Å². The lowest BCUT2D eigenvalue weighted by molar-refractivity contribution is 0.0752. The molecular weight excluding hydrogens is 288 g/mol. The van der Waals surface area contributed by atoms with E-state index in [0.29, 0.717) is 12.1 Å². The van der Waals surface area contributed by atoms with Crippen LogP contribution >= 0.6 is 11.6 Å². The molecule has 0 bridgehead atoms. The molecular formula is C14H12ClF2NO2. The molecule has 0 N–H and O–H groups in total. The maximum atomic E-state index is 13.2. The van der Waals surface area contributed by atoms with Gasteiger partial charge in [0.25, 0.3) is 5.91 Å². The summed E-state index contributed by atoms with van der Waals surface area (Å²) in [5, 5.41) is 0.0127. The average Bonchev–Trinajstić information content (AvgIpc) is 2.85. The summed E-state index contributed by atoms with van der Waals surface area (Å²) in [6.45, 7) is 2.35. The van der Waals surface area contributed by atoms with Crippen LogP contribution in [0.1, 0.15) is 22.8 Å². The quantitative estimate of drug-likeness (QED) is 0.858. The third-order valence-electron chi connectivity index (χ3n) is 2.87. The summed E-state index contributed by atoms with van der Waals surface area (Å²) in [6.07, 6.45) is 1.32. The van der Waals surface area contributed by atoms with Gasteiger partial charge >= 0.3 is 0 Å². The van der Waals surface area contributed by atoms with E-state index >= 15 is 0 Å². The first-order valence-corrected chi connectivity index (χ1v) is 6.37. The molecule has 0 aliphatic heterocycles. The van der Waals surface area contributed by atoms with Crippen molar-refractivity contribution in [1.29, 1.82) is 0 Å². The predicted octanol–water partition coefficient (Wildman–Crippen LogP) is 3.87. The number of carbonyl (C=O) groups is 1. The molecule has 0 aliphatic carbocycles. The first-order chi connectivity index (χ1) is 9.52. The van der Waals surface area contributed by atoms with Gasteiger partial charge in [-0.3, -0.25) is 4.79 Å². The van der Waals surface area contributed by atoms with Crippen LogP contribution in [0.2, 0.25) is 5.22 Å². The van der Waals surface area contributed by atoms with Gasteiger partial charge in [0.2, 0.25) is 5.22 Å². The van der Waals surface area contributed by atoms with Crippen LogP contribution in [0.3, 0.4) is 0 Å². The highest BCUT2D eigenvalue weighted by Gasteiger charge is 2.19. The topological polar surface area (TPSA) is 33.5 Å². The maximum absolute atomic E-state index is 13.2. The lowest BCUT2D eigenvalue weighted by atomic mass is 10.2. The Hall–Kier alpha value is -1.88. The highest BCUT2D eigenvalue weighted by molar-refractivity contribution is 6.32. The van der Waals surface area contributed by atoms with Crippen molar-refractivity contribution >= 4 is 17.5 Å². The number of benzene rings is 1. The van der Waals surface area contributed by atoms with Gasteiger partial charge in [-0.15, -0.1) is 0 Å². The summed E-state index contributed by atoms with van der Waals surface area (Å²) in [6, 6.07) is 5.01. The minimum absolute atomic E-state index is 0.0127. The molecule has 0 unspecified atom stereocenters. The van der Waals surface area contributed by atoms with Crippen molar-refractivity contribution < 1.29 is 18.0 Å². The summed E-state index contributed by atoms with van der Waals surface area (Å²) in [5.41, 5.74) is 0.745. The Labute approximate surface area is 119 Å². The Kier molecular flexibility index (Phi) is 4.39. The van der Waals surface area contributed by atoms with E-state index in [9.17, 15) is 13.6 Å². The van der Waals surface area contributed by atoms with Crippen LogP contribution in [0.15, 0.2) is 34.9 Å². The maximum Gasteiger partial charge on any atom is 0.259 e. The fraction of sp³-hybridized carbons (Fsp3) is 0.214. The lowest BCUT2D eigenvalue weighted by Gasteiger charge is -2.20. The van der Waals surface area contributed by atoms with Crippen LogP contribution in [0.5, 0.6) is 0 Å².